The molecule has 2 aromatic rings. The molecule has 0 saturated carbocycles. The summed E-state index contributed by atoms with van der Waals surface area (Å²) < 4.78 is 5.40. The quantitative estimate of drug-likeness (QED) is 0.476. The molecule has 1 aromatic carbocycles. The molecule has 6 heteroatoms. The number of oxazole rings is 1. The van der Waals surface area contributed by atoms with Crippen molar-refractivity contribution in [2.24, 2.45) is 0 Å². The van der Waals surface area contributed by atoms with E-state index in [1.807, 2.05) is 0 Å². The van der Waals surface area contributed by atoms with Gasteiger partial charge in [0.1, 0.15) is 0 Å². The van der Waals surface area contributed by atoms with Crippen LogP contribution in [0.25, 0.3) is 11.3 Å². The maximum absolute atomic E-state index is 10.8. The second kappa shape index (κ2) is 4.97. The molecular weight excluding hydrogens is 244 g/mol. The molecule has 1 heterocycles. The number of alkyl halides is 1. The Kier molecular flexibility index (Phi) is 3.39. The van der Waals surface area contributed by atoms with Gasteiger partial charge in [0, 0.05) is 18.4 Å². The Balaban J connectivity index is 2.41. The average Bonchev–Trinajstić information content (AvgIpc) is 2.78. The van der Waals surface area contributed by atoms with Gasteiger partial charge in [-0.25, -0.2) is 4.98 Å². The number of halogens is 1. The lowest BCUT2D eigenvalue weighted by Gasteiger charge is -1.97. The molecule has 0 bridgehead atoms. The third-order valence-electron chi connectivity index (χ3n) is 2.23. The van der Waals surface area contributed by atoms with Crippen molar-refractivity contribution in [3.8, 4) is 11.3 Å². The van der Waals surface area contributed by atoms with Crippen LogP contribution in [0.1, 0.15) is 5.89 Å². The van der Waals surface area contributed by atoms with E-state index in [9.17, 15) is 10.1 Å². The first-order chi connectivity index (χ1) is 8.22. The second-order valence-electron chi connectivity index (χ2n) is 3.33. The highest BCUT2D eigenvalue weighted by Crippen LogP contribution is 2.29. The first-order valence-corrected chi connectivity index (χ1v) is 5.50. The number of para-hydroxylation sites is 1. The summed E-state index contributed by atoms with van der Waals surface area (Å²) in [5.74, 6) is 1.27. The van der Waals surface area contributed by atoms with E-state index < -0.39 is 4.92 Å². The zero-order chi connectivity index (χ0) is 12.3. The number of nitro groups is 1. The normalized spacial score (nSPS) is 10.4. The van der Waals surface area contributed by atoms with E-state index in [4.69, 9.17) is 16.0 Å². The van der Waals surface area contributed by atoms with Crippen LogP contribution >= 0.6 is 11.6 Å². The Hall–Kier alpha value is -1.88. The van der Waals surface area contributed by atoms with E-state index in [2.05, 4.69) is 4.98 Å². The van der Waals surface area contributed by atoms with E-state index in [0.29, 0.717) is 29.5 Å². The largest absolute Gasteiger partial charge is 0.440 e. The molecule has 2 rings (SSSR count). The van der Waals surface area contributed by atoms with Crippen LogP contribution in [0.3, 0.4) is 0 Å². The number of aromatic nitrogens is 1. The second-order valence-corrected chi connectivity index (χ2v) is 3.71. The molecule has 0 N–H and O–H groups in total. The van der Waals surface area contributed by atoms with Crippen molar-refractivity contribution < 1.29 is 9.34 Å². The zero-order valence-electron chi connectivity index (χ0n) is 8.80. The maximum Gasteiger partial charge on any atom is 0.280 e. The highest BCUT2D eigenvalue weighted by molar-refractivity contribution is 6.17. The number of hydrogen-bond donors (Lipinski definition) is 0. The fraction of sp³-hybridized carbons (Fsp3) is 0.182. The van der Waals surface area contributed by atoms with Crippen molar-refractivity contribution in [1.82, 2.24) is 4.98 Å². The van der Waals surface area contributed by atoms with Crippen LogP contribution in [-0.2, 0) is 6.42 Å². The first-order valence-electron chi connectivity index (χ1n) is 4.97. The zero-order valence-corrected chi connectivity index (χ0v) is 9.55. The van der Waals surface area contributed by atoms with Gasteiger partial charge in [0.25, 0.3) is 5.69 Å². The van der Waals surface area contributed by atoms with Gasteiger partial charge in [-0.1, -0.05) is 12.1 Å². The Morgan fingerprint density at radius 3 is 2.88 bits per heavy atom. The first kappa shape index (κ1) is 11.6. The van der Waals surface area contributed by atoms with Crippen LogP contribution in [0.15, 0.2) is 34.9 Å². The highest BCUT2D eigenvalue weighted by atomic mass is 35.5. The molecule has 0 atom stereocenters. The van der Waals surface area contributed by atoms with E-state index in [1.165, 1.54) is 12.3 Å². The van der Waals surface area contributed by atoms with Crippen molar-refractivity contribution in [3.05, 3.63) is 46.5 Å². The maximum atomic E-state index is 10.8. The number of nitro benzene ring substituents is 1. The topological polar surface area (TPSA) is 69.2 Å². The molecule has 0 amide bonds. The van der Waals surface area contributed by atoms with Crippen molar-refractivity contribution in [3.63, 3.8) is 0 Å². The van der Waals surface area contributed by atoms with Gasteiger partial charge < -0.3 is 4.42 Å². The van der Waals surface area contributed by atoms with E-state index in [1.54, 1.807) is 18.2 Å². The Morgan fingerprint density at radius 1 is 1.41 bits per heavy atom. The molecule has 88 valence electrons. The monoisotopic (exact) mass is 252 g/mol. The van der Waals surface area contributed by atoms with Crippen molar-refractivity contribution in [1.29, 1.82) is 0 Å². The summed E-state index contributed by atoms with van der Waals surface area (Å²) in [5, 5.41) is 10.8. The third-order valence-corrected chi connectivity index (χ3v) is 2.42. The number of rotatable bonds is 4. The fourth-order valence-electron chi connectivity index (χ4n) is 1.47. The third kappa shape index (κ3) is 2.45. The molecule has 0 spiro atoms. The van der Waals surface area contributed by atoms with Crippen LogP contribution in [-0.4, -0.2) is 15.8 Å². The average molecular weight is 253 g/mol. The molecule has 1 aromatic heterocycles. The van der Waals surface area contributed by atoms with Gasteiger partial charge in [-0.05, 0) is 6.07 Å². The van der Waals surface area contributed by atoms with Gasteiger partial charge >= 0.3 is 0 Å². The summed E-state index contributed by atoms with van der Waals surface area (Å²) in [5.41, 5.74) is 0.423. The van der Waals surface area contributed by atoms with Gasteiger partial charge in [-0.2, -0.15) is 0 Å². The number of aryl methyl sites for hydroxylation is 1. The van der Waals surface area contributed by atoms with E-state index >= 15 is 0 Å². The molecule has 0 aliphatic heterocycles. The molecule has 17 heavy (non-hydrogen) atoms. The Morgan fingerprint density at radius 2 is 2.18 bits per heavy atom. The van der Waals surface area contributed by atoms with Gasteiger partial charge in [0.15, 0.2) is 11.7 Å². The van der Waals surface area contributed by atoms with Crippen LogP contribution in [0.5, 0.6) is 0 Å². The molecule has 0 unspecified atom stereocenters. The van der Waals surface area contributed by atoms with Gasteiger partial charge in [0.2, 0.25) is 0 Å². The lowest BCUT2D eigenvalue weighted by Crippen LogP contribution is -1.90. The van der Waals surface area contributed by atoms with Gasteiger partial charge in [-0.15, -0.1) is 11.6 Å². The molecular formula is C11H9ClN2O3. The standard InChI is InChI=1S/C11H9ClN2O3/c12-6-5-11-13-7-10(17-11)8-3-1-2-4-9(8)14(15)16/h1-4,7H,5-6H2. The summed E-state index contributed by atoms with van der Waals surface area (Å²) in [6.45, 7) is 0. The summed E-state index contributed by atoms with van der Waals surface area (Å²) in [7, 11) is 0. The molecule has 5 nitrogen and oxygen atoms in total. The molecule has 0 aliphatic rings. The minimum absolute atomic E-state index is 0.000994. The molecule has 0 radical (unpaired) electrons. The number of benzene rings is 1. The van der Waals surface area contributed by atoms with Crippen molar-refractivity contribution in [2.75, 3.05) is 5.88 Å². The lowest BCUT2D eigenvalue weighted by atomic mass is 10.1. The summed E-state index contributed by atoms with van der Waals surface area (Å²) >= 11 is 5.56. The predicted molar refractivity (Wildman–Crippen MR) is 63.0 cm³/mol. The van der Waals surface area contributed by atoms with Crippen molar-refractivity contribution >= 4 is 17.3 Å². The fourth-order valence-corrected chi connectivity index (χ4v) is 1.63. The lowest BCUT2D eigenvalue weighted by molar-refractivity contribution is -0.384. The summed E-state index contributed by atoms with van der Waals surface area (Å²) in [6, 6.07) is 6.38. The molecule has 0 saturated heterocycles. The van der Waals surface area contributed by atoms with Crippen LogP contribution < -0.4 is 0 Å². The summed E-state index contributed by atoms with van der Waals surface area (Å²) in [6.07, 6.45) is 1.98. The summed E-state index contributed by atoms with van der Waals surface area (Å²) in [4.78, 5) is 14.4. The van der Waals surface area contributed by atoms with E-state index in [0.717, 1.165) is 0 Å². The minimum Gasteiger partial charge on any atom is -0.440 e. The minimum atomic E-state index is -0.445. The van der Waals surface area contributed by atoms with Crippen LogP contribution in [0.2, 0.25) is 0 Å². The van der Waals surface area contributed by atoms with Crippen LogP contribution in [0.4, 0.5) is 5.69 Å². The molecule has 0 fully saturated rings. The predicted octanol–water partition coefficient (Wildman–Crippen LogP) is 3.03. The molecule has 0 aliphatic carbocycles. The SMILES string of the molecule is O=[N+]([O-])c1ccccc1-c1cnc(CCCl)o1. The van der Waals surface area contributed by atoms with Crippen molar-refractivity contribution in [2.45, 2.75) is 6.42 Å². The highest BCUT2D eigenvalue weighted by Gasteiger charge is 2.17. The number of nitrogens with zero attached hydrogens (tertiary/aromatic N) is 2. The number of hydrogen-bond acceptors (Lipinski definition) is 4. The van der Waals surface area contributed by atoms with E-state index in [-0.39, 0.29) is 5.69 Å². The smallest absolute Gasteiger partial charge is 0.280 e. The van der Waals surface area contributed by atoms with Gasteiger partial charge in [-0.3, -0.25) is 10.1 Å². The Bertz CT molecular complexity index is 539. The van der Waals surface area contributed by atoms with Crippen LogP contribution in [0, 0.1) is 10.1 Å². The van der Waals surface area contributed by atoms with Gasteiger partial charge in [0.05, 0.1) is 16.7 Å². The Labute approximate surface area is 102 Å².